The molecule has 0 atom stereocenters. The van der Waals surface area contributed by atoms with Crippen molar-refractivity contribution in [2.75, 3.05) is 0 Å². The molecule has 1 nitrogen and oxygen atoms in total. The van der Waals surface area contributed by atoms with Crippen LogP contribution in [0.5, 0.6) is 0 Å². The van der Waals surface area contributed by atoms with Gasteiger partial charge in [-0.2, -0.15) is 0 Å². The highest BCUT2D eigenvalue weighted by Crippen LogP contribution is 2.13. The number of carbonyl (C=O) groups excluding carboxylic acids is 1. The van der Waals surface area contributed by atoms with Crippen molar-refractivity contribution in [1.82, 2.24) is 0 Å². The SMILES string of the molecule is CCCc1cccc(C(=O)Cc2ccccc2F)c1. The highest BCUT2D eigenvalue weighted by Gasteiger charge is 2.10. The van der Waals surface area contributed by atoms with Gasteiger partial charge in [0, 0.05) is 12.0 Å². The quantitative estimate of drug-likeness (QED) is 0.733. The predicted molar refractivity (Wildman–Crippen MR) is 74.9 cm³/mol. The summed E-state index contributed by atoms with van der Waals surface area (Å²) in [7, 11) is 0. The molecule has 0 aliphatic carbocycles. The molecule has 0 amide bonds. The third-order valence-electron chi connectivity index (χ3n) is 3.10. The van der Waals surface area contributed by atoms with Crippen molar-refractivity contribution in [2.24, 2.45) is 0 Å². The van der Waals surface area contributed by atoms with E-state index in [2.05, 4.69) is 6.92 Å². The number of aryl methyl sites for hydroxylation is 1. The zero-order valence-corrected chi connectivity index (χ0v) is 11.0. The van der Waals surface area contributed by atoms with Crippen LogP contribution in [0, 0.1) is 5.82 Å². The lowest BCUT2D eigenvalue weighted by molar-refractivity contribution is 0.0991. The Labute approximate surface area is 113 Å². The number of hydrogen-bond donors (Lipinski definition) is 0. The maximum Gasteiger partial charge on any atom is 0.167 e. The monoisotopic (exact) mass is 256 g/mol. The zero-order chi connectivity index (χ0) is 13.7. The van der Waals surface area contributed by atoms with Gasteiger partial charge in [-0.15, -0.1) is 0 Å². The predicted octanol–water partition coefficient (Wildman–Crippen LogP) is 4.20. The summed E-state index contributed by atoms with van der Waals surface area (Å²) >= 11 is 0. The van der Waals surface area contributed by atoms with Gasteiger partial charge in [0.15, 0.2) is 5.78 Å². The molecule has 2 aromatic carbocycles. The maximum absolute atomic E-state index is 13.5. The molecule has 0 aromatic heterocycles. The minimum absolute atomic E-state index is 0.0388. The van der Waals surface area contributed by atoms with Gasteiger partial charge in [0.1, 0.15) is 5.82 Å². The third-order valence-corrected chi connectivity index (χ3v) is 3.10. The second-order valence-electron chi connectivity index (χ2n) is 4.64. The van der Waals surface area contributed by atoms with Crippen molar-refractivity contribution in [3.63, 3.8) is 0 Å². The Kier molecular flexibility index (Phi) is 4.45. The van der Waals surface area contributed by atoms with Gasteiger partial charge in [-0.1, -0.05) is 49.7 Å². The third kappa shape index (κ3) is 3.50. The molecule has 2 heteroatoms. The second-order valence-corrected chi connectivity index (χ2v) is 4.64. The van der Waals surface area contributed by atoms with Gasteiger partial charge in [-0.05, 0) is 29.7 Å². The number of rotatable bonds is 5. The molecule has 0 fully saturated rings. The molecule has 0 radical (unpaired) electrons. The molecule has 0 unspecified atom stereocenters. The molecule has 0 N–H and O–H groups in total. The Morgan fingerprint density at radius 3 is 2.63 bits per heavy atom. The molecule has 0 aliphatic rings. The molecule has 0 heterocycles. The van der Waals surface area contributed by atoms with E-state index in [1.807, 2.05) is 18.2 Å². The lowest BCUT2D eigenvalue weighted by atomic mass is 9.99. The Morgan fingerprint density at radius 2 is 1.89 bits per heavy atom. The number of ketones is 1. The van der Waals surface area contributed by atoms with E-state index in [9.17, 15) is 9.18 Å². The minimum Gasteiger partial charge on any atom is -0.294 e. The van der Waals surface area contributed by atoms with Crippen molar-refractivity contribution in [3.05, 3.63) is 71.0 Å². The zero-order valence-electron chi connectivity index (χ0n) is 11.0. The van der Waals surface area contributed by atoms with Gasteiger partial charge in [-0.3, -0.25) is 4.79 Å². The molecule has 0 saturated heterocycles. The molecule has 0 spiro atoms. The Morgan fingerprint density at radius 1 is 1.11 bits per heavy atom. The molecule has 2 aromatic rings. The molecule has 0 bridgehead atoms. The summed E-state index contributed by atoms with van der Waals surface area (Å²) in [5.41, 5.74) is 2.27. The molecule has 0 aliphatic heterocycles. The van der Waals surface area contributed by atoms with Crippen LogP contribution in [0.4, 0.5) is 4.39 Å². The van der Waals surface area contributed by atoms with Gasteiger partial charge in [-0.25, -0.2) is 4.39 Å². The summed E-state index contributed by atoms with van der Waals surface area (Å²) in [5.74, 6) is -0.358. The first-order valence-electron chi connectivity index (χ1n) is 6.56. The summed E-state index contributed by atoms with van der Waals surface area (Å²) in [6, 6.07) is 14.0. The van der Waals surface area contributed by atoms with Crippen LogP contribution in [-0.2, 0) is 12.8 Å². The second kappa shape index (κ2) is 6.28. The van der Waals surface area contributed by atoms with E-state index in [4.69, 9.17) is 0 Å². The van der Waals surface area contributed by atoms with Crippen LogP contribution in [0.15, 0.2) is 48.5 Å². The Balaban J connectivity index is 2.16. The van der Waals surface area contributed by atoms with Crippen LogP contribution in [0.2, 0.25) is 0 Å². The summed E-state index contributed by atoms with van der Waals surface area (Å²) in [5, 5.41) is 0. The van der Waals surface area contributed by atoms with Crippen LogP contribution in [0.25, 0.3) is 0 Å². The first kappa shape index (κ1) is 13.5. The van der Waals surface area contributed by atoms with Gasteiger partial charge >= 0.3 is 0 Å². The molecule has 19 heavy (non-hydrogen) atoms. The van der Waals surface area contributed by atoms with E-state index in [-0.39, 0.29) is 18.0 Å². The first-order chi connectivity index (χ1) is 9.20. The Bertz CT molecular complexity index is 575. The van der Waals surface area contributed by atoms with Crippen molar-refractivity contribution >= 4 is 5.78 Å². The number of Topliss-reactive ketones (excluding diaryl/α,β-unsaturated/α-hetero) is 1. The highest BCUT2D eigenvalue weighted by molar-refractivity contribution is 5.97. The van der Waals surface area contributed by atoms with Crippen LogP contribution < -0.4 is 0 Å². The fourth-order valence-electron chi connectivity index (χ4n) is 2.11. The van der Waals surface area contributed by atoms with Crippen LogP contribution in [-0.4, -0.2) is 5.78 Å². The van der Waals surface area contributed by atoms with Gasteiger partial charge in [0.25, 0.3) is 0 Å². The summed E-state index contributed by atoms with van der Waals surface area (Å²) in [6.07, 6.45) is 2.12. The van der Waals surface area contributed by atoms with E-state index < -0.39 is 0 Å². The number of benzene rings is 2. The lowest BCUT2D eigenvalue weighted by Gasteiger charge is -2.05. The van der Waals surface area contributed by atoms with Crippen molar-refractivity contribution < 1.29 is 9.18 Å². The van der Waals surface area contributed by atoms with E-state index in [1.165, 1.54) is 6.07 Å². The molecule has 98 valence electrons. The van der Waals surface area contributed by atoms with Gasteiger partial charge in [0.2, 0.25) is 0 Å². The summed E-state index contributed by atoms with van der Waals surface area (Å²) < 4.78 is 13.5. The van der Waals surface area contributed by atoms with Crippen LogP contribution in [0.1, 0.15) is 34.8 Å². The molecular weight excluding hydrogens is 239 g/mol. The largest absolute Gasteiger partial charge is 0.294 e. The maximum atomic E-state index is 13.5. The fraction of sp³-hybridized carbons (Fsp3) is 0.235. The lowest BCUT2D eigenvalue weighted by Crippen LogP contribution is -2.05. The molecule has 2 rings (SSSR count). The molecular formula is C17H17FO. The van der Waals surface area contributed by atoms with E-state index in [1.54, 1.807) is 24.3 Å². The average Bonchev–Trinajstić information content (AvgIpc) is 2.42. The number of hydrogen-bond acceptors (Lipinski definition) is 1. The highest BCUT2D eigenvalue weighted by atomic mass is 19.1. The number of halogens is 1. The van der Waals surface area contributed by atoms with Crippen LogP contribution in [0.3, 0.4) is 0 Å². The summed E-state index contributed by atoms with van der Waals surface area (Å²) in [6.45, 7) is 2.11. The van der Waals surface area contributed by atoms with Crippen LogP contribution >= 0.6 is 0 Å². The fourth-order valence-corrected chi connectivity index (χ4v) is 2.11. The van der Waals surface area contributed by atoms with E-state index in [0.717, 1.165) is 18.4 Å². The summed E-state index contributed by atoms with van der Waals surface area (Å²) in [4.78, 5) is 12.2. The van der Waals surface area contributed by atoms with E-state index >= 15 is 0 Å². The van der Waals surface area contributed by atoms with Crippen molar-refractivity contribution in [3.8, 4) is 0 Å². The first-order valence-corrected chi connectivity index (χ1v) is 6.56. The van der Waals surface area contributed by atoms with Gasteiger partial charge < -0.3 is 0 Å². The van der Waals surface area contributed by atoms with Crippen molar-refractivity contribution in [1.29, 1.82) is 0 Å². The standard InChI is InChI=1S/C17H17FO/c1-2-6-13-7-5-9-15(11-13)17(19)12-14-8-3-4-10-16(14)18/h3-5,7-11H,2,6,12H2,1H3. The molecule has 0 saturated carbocycles. The Hall–Kier alpha value is -1.96. The van der Waals surface area contributed by atoms with Gasteiger partial charge in [0.05, 0.1) is 0 Å². The van der Waals surface area contributed by atoms with E-state index in [0.29, 0.717) is 11.1 Å². The topological polar surface area (TPSA) is 17.1 Å². The average molecular weight is 256 g/mol. The minimum atomic E-state index is -0.319. The van der Waals surface area contributed by atoms with Crippen molar-refractivity contribution in [2.45, 2.75) is 26.2 Å². The normalized spacial score (nSPS) is 10.4. The smallest absolute Gasteiger partial charge is 0.167 e. The number of carbonyl (C=O) groups is 1.